The van der Waals surface area contributed by atoms with E-state index in [1.54, 1.807) is 24.3 Å². The first kappa shape index (κ1) is 10.1. The normalized spacial score (nSPS) is 9.50. The Kier molecular flexibility index (Phi) is 2.79. The molecule has 3 nitrogen and oxygen atoms in total. The molecule has 0 radical (unpaired) electrons. The molecule has 0 fully saturated rings. The van der Waals surface area contributed by atoms with Crippen molar-refractivity contribution in [1.82, 2.24) is 4.98 Å². The van der Waals surface area contributed by atoms with Crippen molar-refractivity contribution in [3.8, 4) is 17.7 Å². The molecule has 0 saturated carbocycles. The summed E-state index contributed by atoms with van der Waals surface area (Å²) in [7, 11) is 0. The van der Waals surface area contributed by atoms with Crippen LogP contribution in [0.2, 0.25) is 0 Å². The van der Waals surface area contributed by atoms with Gasteiger partial charge >= 0.3 is 0 Å². The van der Waals surface area contributed by atoms with E-state index in [1.165, 1.54) is 18.3 Å². The maximum Gasteiger partial charge on any atom is 0.237 e. The molecule has 2 rings (SSSR count). The number of para-hydroxylation sites is 1. The van der Waals surface area contributed by atoms with Crippen molar-refractivity contribution in [3.63, 3.8) is 0 Å². The third-order valence-corrected chi connectivity index (χ3v) is 1.93. The lowest BCUT2D eigenvalue weighted by Crippen LogP contribution is -1.93. The number of ether oxygens (including phenoxy) is 1. The van der Waals surface area contributed by atoms with Crippen molar-refractivity contribution in [2.75, 3.05) is 0 Å². The smallest absolute Gasteiger partial charge is 0.237 e. The van der Waals surface area contributed by atoms with Crippen LogP contribution in [-0.2, 0) is 0 Å². The van der Waals surface area contributed by atoms with Crippen molar-refractivity contribution in [3.05, 3.63) is 54.0 Å². The molecule has 0 bridgehead atoms. The van der Waals surface area contributed by atoms with E-state index in [1.807, 2.05) is 6.07 Å². The molecule has 2 aromatic rings. The third kappa shape index (κ3) is 1.98. The minimum Gasteiger partial charge on any atom is -0.435 e. The van der Waals surface area contributed by atoms with Gasteiger partial charge in [0, 0.05) is 6.20 Å². The molecular weight excluding hydrogens is 207 g/mol. The first-order valence-electron chi connectivity index (χ1n) is 4.59. The van der Waals surface area contributed by atoms with Crippen molar-refractivity contribution >= 4 is 0 Å². The largest absolute Gasteiger partial charge is 0.435 e. The molecule has 0 unspecified atom stereocenters. The highest BCUT2D eigenvalue weighted by atomic mass is 19.1. The second-order valence-electron chi connectivity index (χ2n) is 3.00. The highest BCUT2D eigenvalue weighted by Gasteiger charge is 2.08. The lowest BCUT2D eigenvalue weighted by atomic mass is 10.3. The first-order chi connectivity index (χ1) is 7.81. The van der Waals surface area contributed by atoms with E-state index in [-0.39, 0.29) is 17.2 Å². The number of pyridine rings is 1. The summed E-state index contributed by atoms with van der Waals surface area (Å²) in [5, 5.41) is 8.80. The molecule has 0 aliphatic carbocycles. The van der Waals surface area contributed by atoms with Crippen LogP contribution >= 0.6 is 0 Å². The Balaban J connectivity index is 2.35. The van der Waals surface area contributed by atoms with Gasteiger partial charge in [0.2, 0.25) is 5.88 Å². The lowest BCUT2D eigenvalue weighted by molar-refractivity contribution is 0.426. The summed E-state index contributed by atoms with van der Waals surface area (Å²) in [6.07, 6.45) is 1.48. The van der Waals surface area contributed by atoms with Crippen LogP contribution in [0.4, 0.5) is 4.39 Å². The molecule has 0 aliphatic heterocycles. The monoisotopic (exact) mass is 214 g/mol. The molecule has 0 atom stereocenters. The molecule has 0 amide bonds. The molecule has 0 spiro atoms. The Morgan fingerprint density at radius 1 is 1.19 bits per heavy atom. The number of hydrogen-bond acceptors (Lipinski definition) is 3. The maximum atomic E-state index is 13.3. The van der Waals surface area contributed by atoms with Gasteiger partial charge in [-0.2, -0.15) is 5.26 Å². The number of nitriles is 1. The van der Waals surface area contributed by atoms with Gasteiger partial charge in [-0.1, -0.05) is 12.1 Å². The standard InChI is InChI=1S/C12H7FN2O/c13-10-5-1-2-6-11(10)16-12-9(8-14)4-3-7-15-12/h1-7H. The second kappa shape index (κ2) is 4.41. The molecule has 78 valence electrons. The Morgan fingerprint density at radius 3 is 2.75 bits per heavy atom. The van der Waals surface area contributed by atoms with Crippen LogP contribution in [0.3, 0.4) is 0 Å². The predicted molar refractivity (Wildman–Crippen MR) is 55.4 cm³/mol. The van der Waals surface area contributed by atoms with Crippen LogP contribution in [0.15, 0.2) is 42.6 Å². The molecular formula is C12H7FN2O. The summed E-state index contributed by atoms with van der Waals surface area (Å²) in [5.74, 6) is -0.329. The molecule has 1 aromatic carbocycles. The lowest BCUT2D eigenvalue weighted by Gasteiger charge is -2.05. The van der Waals surface area contributed by atoms with Crippen LogP contribution in [0.25, 0.3) is 0 Å². The van der Waals surface area contributed by atoms with E-state index in [0.29, 0.717) is 0 Å². The van der Waals surface area contributed by atoms with Gasteiger partial charge in [0.25, 0.3) is 0 Å². The second-order valence-corrected chi connectivity index (χ2v) is 3.00. The van der Waals surface area contributed by atoms with E-state index in [4.69, 9.17) is 10.00 Å². The summed E-state index contributed by atoms with van der Waals surface area (Å²) < 4.78 is 18.5. The first-order valence-corrected chi connectivity index (χ1v) is 4.59. The topological polar surface area (TPSA) is 45.9 Å². The average molecular weight is 214 g/mol. The fourth-order valence-electron chi connectivity index (χ4n) is 1.19. The predicted octanol–water partition coefficient (Wildman–Crippen LogP) is 2.88. The van der Waals surface area contributed by atoms with Gasteiger partial charge in [0.15, 0.2) is 11.6 Å². The SMILES string of the molecule is N#Cc1cccnc1Oc1ccccc1F. The number of hydrogen-bond donors (Lipinski definition) is 0. The number of aromatic nitrogens is 1. The number of rotatable bonds is 2. The summed E-state index contributed by atoms with van der Waals surface area (Å²) in [5.41, 5.74) is 0.269. The Bertz CT molecular complexity index is 549. The van der Waals surface area contributed by atoms with Gasteiger partial charge in [-0.3, -0.25) is 0 Å². The van der Waals surface area contributed by atoms with Crippen LogP contribution in [0, 0.1) is 17.1 Å². The summed E-state index contributed by atoms with van der Waals surface area (Å²) in [6, 6.07) is 11.1. The van der Waals surface area contributed by atoms with Crippen LogP contribution in [0.1, 0.15) is 5.56 Å². The van der Waals surface area contributed by atoms with E-state index < -0.39 is 5.82 Å². The van der Waals surface area contributed by atoms with Gasteiger partial charge < -0.3 is 4.74 Å². The molecule has 0 saturated heterocycles. The number of nitrogens with zero attached hydrogens (tertiary/aromatic N) is 2. The molecule has 0 N–H and O–H groups in total. The van der Waals surface area contributed by atoms with Crippen LogP contribution in [-0.4, -0.2) is 4.98 Å². The Hall–Kier alpha value is -2.41. The highest BCUT2D eigenvalue weighted by Crippen LogP contribution is 2.24. The minimum absolute atomic E-state index is 0.0534. The molecule has 4 heteroatoms. The number of benzene rings is 1. The average Bonchev–Trinajstić information content (AvgIpc) is 2.33. The van der Waals surface area contributed by atoms with E-state index in [2.05, 4.69) is 4.98 Å². The van der Waals surface area contributed by atoms with Gasteiger partial charge in [-0.15, -0.1) is 0 Å². The van der Waals surface area contributed by atoms with E-state index in [0.717, 1.165) is 0 Å². The van der Waals surface area contributed by atoms with Gasteiger partial charge in [0.05, 0.1) is 0 Å². The minimum atomic E-state index is -0.489. The zero-order valence-electron chi connectivity index (χ0n) is 8.22. The number of halogens is 1. The Morgan fingerprint density at radius 2 is 2.00 bits per heavy atom. The maximum absolute atomic E-state index is 13.3. The molecule has 16 heavy (non-hydrogen) atoms. The van der Waals surface area contributed by atoms with Gasteiger partial charge in [-0.05, 0) is 24.3 Å². The summed E-state index contributed by atoms with van der Waals surface area (Å²) >= 11 is 0. The summed E-state index contributed by atoms with van der Waals surface area (Å²) in [6.45, 7) is 0. The quantitative estimate of drug-likeness (QED) is 0.772. The van der Waals surface area contributed by atoms with Gasteiger partial charge in [-0.25, -0.2) is 9.37 Å². The molecule has 0 aliphatic rings. The third-order valence-electron chi connectivity index (χ3n) is 1.93. The highest BCUT2D eigenvalue weighted by molar-refractivity contribution is 5.40. The molecule has 1 aromatic heterocycles. The zero-order chi connectivity index (χ0) is 11.4. The van der Waals surface area contributed by atoms with E-state index in [9.17, 15) is 4.39 Å². The van der Waals surface area contributed by atoms with Gasteiger partial charge in [0.1, 0.15) is 11.6 Å². The van der Waals surface area contributed by atoms with Crippen molar-refractivity contribution in [1.29, 1.82) is 5.26 Å². The van der Waals surface area contributed by atoms with Crippen molar-refractivity contribution < 1.29 is 9.13 Å². The van der Waals surface area contributed by atoms with E-state index >= 15 is 0 Å². The van der Waals surface area contributed by atoms with Crippen LogP contribution in [0.5, 0.6) is 11.6 Å². The molecule has 1 heterocycles. The fraction of sp³-hybridized carbons (Fsp3) is 0. The Labute approximate surface area is 91.7 Å². The summed E-state index contributed by atoms with van der Waals surface area (Å²) in [4.78, 5) is 3.87. The zero-order valence-corrected chi connectivity index (χ0v) is 8.22. The van der Waals surface area contributed by atoms with Crippen molar-refractivity contribution in [2.45, 2.75) is 0 Å². The fourth-order valence-corrected chi connectivity index (χ4v) is 1.19. The van der Waals surface area contributed by atoms with Crippen molar-refractivity contribution in [2.24, 2.45) is 0 Å². The van der Waals surface area contributed by atoms with Crippen LogP contribution < -0.4 is 4.74 Å².